The van der Waals surface area contributed by atoms with Gasteiger partial charge in [-0.1, -0.05) is 36.0 Å². The lowest BCUT2D eigenvalue weighted by Gasteiger charge is -2.31. The van der Waals surface area contributed by atoms with E-state index in [9.17, 15) is 24.0 Å². The molecule has 3 rings (SSSR count). The summed E-state index contributed by atoms with van der Waals surface area (Å²) >= 11 is 0.933. The van der Waals surface area contributed by atoms with E-state index in [1.54, 1.807) is 12.1 Å². The van der Waals surface area contributed by atoms with E-state index in [-0.39, 0.29) is 27.8 Å². The van der Waals surface area contributed by atoms with Gasteiger partial charge in [-0.15, -0.1) is 0 Å². The summed E-state index contributed by atoms with van der Waals surface area (Å²) in [6.07, 6.45) is 0. The zero-order chi connectivity index (χ0) is 24.1. The molecule has 0 bridgehead atoms. The molecule has 0 spiro atoms. The Morgan fingerprint density at radius 1 is 1.21 bits per heavy atom. The summed E-state index contributed by atoms with van der Waals surface area (Å²) in [6, 6.07) is 13.1. The van der Waals surface area contributed by atoms with Crippen LogP contribution in [0.25, 0.3) is 0 Å². The van der Waals surface area contributed by atoms with Crippen LogP contribution in [-0.4, -0.2) is 30.6 Å². The first-order valence-electron chi connectivity index (χ1n) is 10.0. The van der Waals surface area contributed by atoms with Crippen LogP contribution in [0.4, 0.5) is 10.1 Å². The number of nitriles is 1. The van der Waals surface area contributed by atoms with Crippen LogP contribution in [0.1, 0.15) is 22.6 Å². The summed E-state index contributed by atoms with van der Waals surface area (Å²) in [5.41, 5.74) is 2.75. The van der Waals surface area contributed by atoms with Crippen LogP contribution in [-0.2, 0) is 19.1 Å². The van der Waals surface area contributed by atoms with Crippen molar-refractivity contribution >= 4 is 35.2 Å². The average molecular weight is 468 g/mol. The fourth-order valence-corrected chi connectivity index (χ4v) is 4.39. The minimum absolute atomic E-state index is 0.0147. The van der Waals surface area contributed by atoms with Crippen molar-refractivity contribution in [1.29, 1.82) is 5.26 Å². The van der Waals surface area contributed by atoms with Gasteiger partial charge in [0, 0.05) is 11.6 Å². The summed E-state index contributed by atoms with van der Waals surface area (Å²) in [5, 5.41) is 15.2. The van der Waals surface area contributed by atoms with Crippen molar-refractivity contribution in [2.24, 2.45) is 5.92 Å². The predicted molar refractivity (Wildman–Crippen MR) is 122 cm³/mol. The highest BCUT2D eigenvalue weighted by Crippen LogP contribution is 2.41. The van der Waals surface area contributed by atoms with E-state index in [1.807, 2.05) is 32.0 Å². The number of aryl methyl sites for hydroxylation is 2. The smallest absolute Gasteiger partial charge is 0.319 e. The van der Waals surface area contributed by atoms with E-state index in [2.05, 4.69) is 10.6 Å². The molecule has 0 unspecified atom stereocenters. The number of nitrogens with zero attached hydrogens (tertiary/aromatic N) is 1. The quantitative estimate of drug-likeness (QED) is 0.497. The van der Waals surface area contributed by atoms with Crippen molar-refractivity contribution in [3.8, 4) is 6.07 Å². The van der Waals surface area contributed by atoms with Crippen LogP contribution in [0.5, 0.6) is 0 Å². The number of methoxy groups -OCH3 is 1. The molecule has 33 heavy (non-hydrogen) atoms. The minimum Gasteiger partial charge on any atom is -0.468 e. The monoisotopic (exact) mass is 467 g/mol. The van der Waals surface area contributed by atoms with Gasteiger partial charge in [-0.3, -0.25) is 14.4 Å². The number of carbonyl (C=O) groups excluding carboxylic acids is 3. The molecule has 0 saturated heterocycles. The van der Waals surface area contributed by atoms with E-state index in [4.69, 9.17) is 4.74 Å². The van der Waals surface area contributed by atoms with E-state index in [0.29, 0.717) is 5.69 Å². The maximum atomic E-state index is 14.6. The first-order chi connectivity index (χ1) is 15.8. The third-order valence-electron chi connectivity index (χ3n) is 5.36. The average Bonchev–Trinajstić information content (AvgIpc) is 2.79. The predicted octanol–water partition coefficient (Wildman–Crippen LogP) is 3.55. The number of hydrogen-bond donors (Lipinski definition) is 2. The lowest BCUT2D eigenvalue weighted by molar-refractivity contribution is -0.150. The number of anilines is 1. The highest BCUT2D eigenvalue weighted by molar-refractivity contribution is 8.03. The normalized spacial score (nSPS) is 17.7. The van der Waals surface area contributed by atoms with Gasteiger partial charge in [-0.2, -0.15) is 5.26 Å². The standard InChI is InChI=1S/C24H22FN3O4S/c1-13-8-9-15(10-14(13)2)27-19(29)12-33-23-17(11-26)20(16-6-4-5-7-18(16)25)21(22(30)28-23)24(31)32-3/h4-10,20-21H,12H2,1-3H3,(H,27,29)(H,28,30)/t20-,21-/m1/s1. The lowest BCUT2D eigenvalue weighted by Crippen LogP contribution is -2.44. The van der Waals surface area contributed by atoms with Crippen LogP contribution < -0.4 is 10.6 Å². The lowest BCUT2D eigenvalue weighted by atomic mass is 9.78. The van der Waals surface area contributed by atoms with Crippen molar-refractivity contribution in [1.82, 2.24) is 5.32 Å². The first-order valence-corrected chi connectivity index (χ1v) is 11.0. The van der Waals surface area contributed by atoms with Crippen LogP contribution in [0.2, 0.25) is 0 Å². The molecule has 1 heterocycles. The molecule has 1 aliphatic rings. The third-order valence-corrected chi connectivity index (χ3v) is 6.38. The highest BCUT2D eigenvalue weighted by atomic mass is 32.2. The number of nitrogens with one attached hydrogen (secondary N) is 2. The molecule has 9 heteroatoms. The SMILES string of the molecule is COC(=O)[C@H]1C(=O)NC(SCC(=O)Nc2ccc(C)c(C)c2)=C(C#N)[C@H]1c1ccccc1F. The number of thioether (sulfide) groups is 1. The van der Waals surface area contributed by atoms with E-state index >= 15 is 0 Å². The van der Waals surface area contributed by atoms with E-state index < -0.39 is 29.5 Å². The maximum absolute atomic E-state index is 14.6. The van der Waals surface area contributed by atoms with Crippen molar-refractivity contribution in [2.45, 2.75) is 19.8 Å². The molecule has 1 aliphatic heterocycles. The molecule has 0 aromatic heterocycles. The summed E-state index contributed by atoms with van der Waals surface area (Å²) in [6.45, 7) is 3.90. The minimum atomic E-state index is -1.43. The van der Waals surface area contributed by atoms with Crippen LogP contribution >= 0.6 is 11.8 Å². The Kier molecular flexibility index (Phi) is 7.51. The Morgan fingerprint density at radius 3 is 2.58 bits per heavy atom. The van der Waals surface area contributed by atoms with Crippen LogP contribution in [0.3, 0.4) is 0 Å². The van der Waals surface area contributed by atoms with Gasteiger partial charge in [-0.25, -0.2) is 4.39 Å². The topological polar surface area (TPSA) is 108 Å². The molecule has 0 saturated carbocycles. The van der Waals surface area contributed by atoms with Gasteiger partial charge in [0.25, 0.3) is 0 Å². The van der Waals surface area contributed by atoms with Crippen molar-refractivity contribution in [3.05, 3.63) is 75.6 Å². The van der Waals surface area contributed by atoms with Gasteiger partial charge in [0.2, 0.25) is 11.8 Å². The Balaban J connectivity index is 1.89. The van der Waals surface area contributed by atoms with Gasteiger partial charge in [0.1, 0.15) is 11.7 Å². The maximum Gasteiger partial charge on any atom is 0.319 e. The Bertz CT molecular complexity index is 1190. The molecule has 2 aromatic carbocycles. The number of carbonyl (C=O) groups is 3. The first kappa shape index (κ1) is 24.0. The summed E-state index contributed by atoms with van der Waals surface area (Å²) in [4.78, 5) is 37.6. The number of benzene rings is 2. The summed E-state index contributed by atoms with van der Waals surface area (Å²) in [5.74, 6) is -5.34. The molecule has 0 aliphatic carbocycles. The molecular formula is C24H22FN3O4S. The molecule has 2 atom stereocenters. The molecule has 2 aromatic rings. The fraction of sp³-hybridized carbons (Fsp3) is 0.250. The van der Waals surface area contributed by atoms with Gasteiger partial charge in [0.05, 0.1) is 29.5 Å². The number of ether oxygens (including phenoxy) is 1. The second-order valence-electron chi connectivity index (χ2n) is 7.48. The summed E-state index contributed by atoms with van der Waals surface area (Å²) in [7, 11) is 1.12. The fourth-order valence-electron chi connectivity index (χ4n) is 3.54. The van der Waals surface area contributed by atoms with Gasteiger partial charge >= 0.3 is 5.97 Å². The third kappa shape index (κ3) is 5.23. The number of allylic oxidation sites excluding steroid dienone is 1. The molecule has 2 amide bonds. The van der Waals surface area contributed by atoms with Crippen molar-refractivity contribution in [3.63, 3.8) is 0 Å². The molecule has 2 N–H and O–H groups in total. The van der Waals surface area contributed by atoms with Crippen LogP contribution in [0, 0.1) is 36.9 Å². The second-order valence-corrected chi connectivity index (χ2v) is 8.47. The van der Waals surface area contributed by atoms with E-state index in [0.717, 1.165) is 30.0 Å². The molecular weight excluding hydrogens is 445 g/mol. The number of rotatable bonds is 6. The molecule has 0 radical (unpaired) electrons. The van der Waals surface area contributed by atoms with Gasteiger partial charge in [0.15, 0.2) is 0 Å². The number of esters is 1. The van der Waals surface area contributed by atoms with Gasteiger partial charge in [-0.05, 0) is 48.7 Å². The van der Waals surface area contributed by atoms with Gasteiger partial charge < -0.3 is 15.4 Å². The number of amides is 2. The Morgan fingerprint density at radius 2 is 1.94 bits per heavy atom. The molecule has 170 valence electrons. The largest absolute Gasteiger partial charge is 0.468 e. The summed E-state index contributed by atoms with van der Waals surface area (Å²) < 4.78 is 19.3. The van der Waals surface area contributed by atoms with Crippen LogP contribution in [0.15, 0.2) is 53.1 Å². The zero-order valence-electron chi connectivity index (χ0n) is 18.3. The Labute approximate surface area is 195 Å². The van der Waals surface area contributed by atoms with Crippen molar-refractivity contribution < 1.29 is 23.5 Å². The Hall–Kier alpha value is -3.64. The highest BCUT2D eigenvalue weighted by Gasteiger charge is 2.45. The van der Waals surface area contributed by atoms with Crippen molar-refractivity contribution in [2.75, 3.05) is 18.2 Å². The number of hydrogen-bond acceptors (Lipinski definition) is 6. The van der Waals surface area contributed by atoms with E-state index in [1.165, 1.54) is 18.2 Å². The second kappa shape index (κ2) is 10.3. The zero-order valence-corrected chi connectivity index (χ0v) is 19.1. The molecule has 7 nitrogen and oxygen atoms in total. The molecule has 0 fully saturated rings. The number of halogens is 1.